The molecular weight excluding hydrogens is 364 g/mol. The van der Waals surface area contributed by atoms with Crippen molar-refractivity contribution in [3.8, 4) is 0 Å². The molecule has 25 heavy (non-hydrogen) atoms. The van der Waals surface area contributed by atoms with Gasteiger partial charge in [-0.15, -0.1) is 0 Å². The Morgan fingerprint density at radius 1 is 1.12 bits per heavy atom. The van der Waals surface area contributed by atoms with Gasteiger partial charge in [0.05, 0.1) is 5.75 Å². The Morgan fingerprint density at radius 2 is 1.76 bits per heavy atom. The van der Waals surface area contributed by atoms with Crippen molar-refractivity contribution in [2.75, 3.05) is 24.6 Å². The Hall–Kier alpha value is -0.640. The molecule has 0 rings (SSSR count). The highest BCUT2D eigenvalue weighted by Crippen LogP contribution is 2.22. The zero-order chi connectivity index (χ0) is 19.5. The SMILES string of the molecule is CC(C)NCCNC(=O)CCC(CC(=O)C(C)C)SCCS(=O)(=O)O. The second-order valence-electron chi connectivity index (χ2n) is 6.60. The minimum Gasteiger partial charge on any atom is -0.355 e. The normalized spacial score (nSPS) is 13.2. The lowest BCUT2D eigenvalue weighted by molar-refractivity contribution is -0.123. The van der Waals surface area contributed by atoms with Crippen molar-refractivity contribution in [3.63, 3.8) is 0 Å². The van der Waals surface area contributed by atoms with Gasteiger partial charge < -0.3 is 10.6 Å². The first kappa shape index (κ1) is 24.4. The minimum atomic E-state index is -4.01. The van der Waals surface area contributed by atoms with Crippen molar-refractivity contribution in [1.82, 2.24) is 10.6 Å². The van der Waals surface area contributed by atoms with Crippen LogP contribution in [0, 0.1) is 5.92 Å². The predicted molar refractivity (Wildman–Crippen MR) is 103 cm³/mol. The first-order valence-corrected chi connectivity index (χ1v) is 11.3. The van der Waals surface area contributed by atoms with E-state index in [0.29, 0.717) is 32.0 Å². The summed E-state index contributed by atoms with van der Waals surface area (Å²) in [4.78, 5) is 23.8. The number of amides is 1. The van der Waals surface area contributed by atoms with Crippen molar-refractivity contribution in [1.29, 1.82) is 0 Å². The summed E-state index contributed by atoms with van der Waals surface area (Å²) in [5.41, 5.74) is 0. The van der Waals surface area contributed by atoms with Gasteiger partial charge in [0, 0.05) is 48.9 Å². The predicted octanol–water partition coefficient (Wildman–Crippen LogP) is 1.49. The van der Waals surface area contributed by atoms with Crippen LogP contribution in [0.5, 0.6) is 0 Å². The second-order valence-corrected chi connectivity index (χ2v) is 9.58. The summed E-state index contributed by atoms with van der Waals surface area (Å²) in [6.07, 6.45) is 1.09. The van der Waals surface area contributed by atoms with Crippen LogP contribution in [0.3, 0.4) is 0 Å². The molecule has 0 aliphatic heterocycles. The van der Waals surface area contributed by atoms with Gasteiger partial charge in [0.15, 0.2) is 0 Å². The van der Waals surface area contributed by atoms with E-state index in [-0.39, 0.29) is 40.8 Å². The molecule has 0 aromatic carbocycles. The molecule has 0 bridgehead atoms. The fourth-order valence-electron chi connectivity index (χ4n) is 1.97. The molecule has 0 aliphatic carbocycles. The van der Waals surface area contributed by atoms with Crippen LogP contribution in [-0.4, -0.2) is 60.5 Å². The van der Waals surface area contributed by atoms with Crippen molar-refractivity contribution in [2.45, 2.75) is 58.2 Å². The Morgan fingerprint density at radius 3 is 2.28 bits per heavy atom. The molecular formula is C16H32N2O5S2. The van der Waals surface area contributed by atoms with Crippen LogP contribution in [0.2, 0.25) is 0 Å². The lowest BCUT2D eigenvalue weighted by atomic mass is 10.0. The number of ketones is 1. The zero-order valence-corrected chi connectivity index (χ0v) is 17.2. The van der Waals surface area contributed by atoms with Crippen LogP contribution in [0.4, 0.5) is 0 Å². The van der Waals surface area contributed by atoms with Gasteiger partial charge in [0.1, 0.15) is 5.78 Å². The molecule has 0 aromatic heterocycles. The highest BCUT2D eigenvalue weighted by atomic mass is 32.2. The van der Waals surface area contributed by atoms with E-state index in [2.05, 4.69) is 10.6 Å². The molecule has 0 saturated carbocycles. The van der Waals surface area contributed by atoms with Gasteiger partial charge in [0.25, 0.3) is 10.1 Å². The molecule has 3 N–H and O–H groups in total. The fraction of sp³-hybridized carbons (Fsp3) is 0.875. The Balaban J connectivity index is 4.31. The molecule has 1 unspecified atom stereocenters. The van der Waals surface area contributed by atoms with Crippen LogP contribution >= 0.6 is 11.8 Å². The molecule has 0 fully saturated rings. The summed E-state index contributed by atoms with van der Waals surface area (Å²) in [6.45, 7) is 8.93. The average molecular weight is 397 g/mol. The third-order valence-electron chi connectivity index (χ3n) is 3.46. The molecule has 0 heterocycles. The van der Waals surface area contributed by atoms with E-state index < -0.39 is 10.1 Å². The van der Waals surface area contributed by atoms with Gasteiger partial charge in [-0.3, -0.25) is 14.1 Å². The van der Waals surface area contributed by atoms with E-state index in [1.54, 1.807) is 0 Å². The number of nitrogens with one attached hydrogen (secondary N) is 2. The summed E-state index contributed by atoms with van der Waals surface area (Å²) < 4.78 is 30.4. The average Bonchev–Trinajstić information content (AvgIpc) is 2.47. The van der Waals surface area contributed by atoms with Crippen molar-refractivity contribution in [2.24, 2.45) is 5.92 Å². The lowest BCUT2D eigenvalue weighted by Crippen LogP contribution is -2.34. The molecule has 9 heteroatoms. The second kappa shape index (κ2) is 12.7. The third-order valence-corrected chi connectivity index (χ3v) is 5.75. The molecule has 0 radical (unpaired) electrons. The van der Waals surface area contributed by atoms with Gasteiger partial charge in [0.2, 0.25) is 5.91 Å². The number of carbonyl (C=O) groups excluding carboxylic acids is 2. The Labute approximate surface area is 155 Å². The van der Waals surface area contributed by atoms with Crippen LogP contribution in [0.15, 0.2) is 0 Å². The van der Waals surface area contributed by atoms with Crippen molar-refractivity contribution < 1.29 is 22.6 Å². The zero-order valence-electron chi connectivity index (χ0n) is 15.6. The van der Waals surface area contributed by atoms with Gasteiger partial charge >= 0.3 is 0 Å². The number of rotatable bonds is 14. The van der Waals surface area contributed by atoms with Gasteiger partial charge in [-0.25, -0.2) is 0 Å². The summed E-state index contributed by atoms with van der Waals surface area (Å²) in [7, 11) is -4.01. The molecule has 148 valence electrons. The van der Waals surface area contributed by atoms with Crippen LogP contribution in [0.1, 0.15) is 47.0 Å². The van der Waals surface area contributed by atoms with E-state index in [1.165, 1.54) is 11.8 Å². The van der Waals surface area contributed by atoms with Crippen LogP contribution < -0.4 is 10.6 Å². The standard InChI is InChI=1S/C16H32N2O5S2/c1-12(2)15(19)11-14(24-9-10-25(21,22)23)5-6-16(20)18-8-7-17-13(3)4/h12-14,17H,5-11H2,1-4H3,(H,18,20)(H,21,22,23). The van der Waals surface area contributed by atoms with E-state index in [4.69, 9.17) is 4.55 Å². The van der Waals surface area contributed by atoms with Crippen molar-refractivity contribution in [3.05, 3.63) is 0 Å². The highest BCUT2D eigenvalue weighted by molar-refractivity contribution is 8.00. The number of carbonyl (C=O) groups is 2. The monoisotopic (exact) mass is 396 g/mol. The number of thioether (sulfide) groups is 1. The summed E-state index contributed by atoms with van der Waals surface area (Å²) in [5, 5.41) is 5.89. The first-order valence-electron chi connectivity index (χ1n) is 8.60. The highest BCUT2D eigenvalue weighted by Gasteiger charge is 2.19. The minimum absolute atomic E-state index is 0.0806. The molecule has 7 nitrogen and oxygen atoms in total. The molecule has 0 spiro atoms. The largest absolute Gasteiger partial charge is 0.355 e. The number of Topliss-reactive ketones (excluding diaryl/α,β-unsaturated/α-hetero) is 1. The molecule has 0 saturated heterocycles. The molecule has 0 aromatic rings. The van der Waals surface area contributed by atoms with Gasteiger partial charge in [-0.1, -0.05) is 27.7 Å². The smallest absolute Gasteiger partial charge is 0.265 e. The maximum atomic E-state index is 11.9. The first-order chi connectivity index (χ1) is 11.5. The van der Waals surface area contributed by atoms with Crippen LogP contribution in [-0.2, 0) is 19.7 Å². The maximum Gasteiger partial charge on any atom is 0.265 e. The van der Waals surface area contributed by atoms with E-state index >= 15 is 0 Å². The van der Waals surface area contributed by atoms with Crippen LogP contribution in [0.25, 0.3) is 0 Å². The molecule has 1 amide bonds. The third kappa shape index (κ3) is 15.3. The van der Waals surface area contributed by atoms with E-state index in [9.17, 15) is 18.0 Å². The number of hydrogen-bond acceptors (Lipinski definition) is 6. The van der Waals surface area contributed by atoms with Gasteiger partial charge in [-0.2, -0.15) is 20.2 Å². The van der Waals surface area contributed by atoms with Crippen molar-refractivity contribution >= 4 is 33.6 Å². The number of hydrogen-bond donors (Lipinski definition) is 3. The Bertz CT molecular complexity index is 507. The summed E-state index contributed by atoms with van der Waals surface area (Å²) >= 11 is 1.32. The Kier molecular flexibility index (Phi) is 12.3. The molecule has 1 atom stereocenters. The fourth-order valence-corrected chi connectivity index (χ4v) is 4.10. The summed E-state index contributed by atoms with van der Waals surface area (Å²) in [5.74, 6) is -0.235. The lowest BCUT2D eigenvalue weighted by Gasteiger charge is -2.17. The quantitative estimate of drug-likeness (QED) is 0.301. The molecule has 0 aliphatic rings. The topological polar surface area (TPSA) is 113 Å². The maximum absolute atomic E-state index is 11.9. The van der Waals surface area contributed by atoms with Gasteiger partial charge in [-0.05, 0) is 6.42 Å². The summed E-state index contributed by atoms with van der Waals surface area (Å²) in [6, 6.07) is 0.363. The van der Waals surface area contributed by atoms with E-state index in [1.807, 2.05) is 27.7 Å². The van der Waals surface area contributed by atoms with E-state index in [0.717, 1.165) is 0 Å².